The van der Waals surface area contributed by atoms with Crippen LogP contribution in [0.1, 0.15) is 26.2 Å². The molecule has 1 atom stereocenters. The molecule has 0 bridgehead atoms. The molecule has 92 valence electrons. The summed E-state index contributed by atoms with van der Waals surface area (Å²) in [5.41, 5.74) is 0. The van der Waals surface area contributed by atoms with Gasteiger partial charge in [-0.25, -0.2) is 0 Å². The Kier molecular flexibility index (Phi) is 5.25. The molecule has 2 amide bonds. The number of carbonyl (C=O) groups excluding carboxylic acids is 2. The number of nitrogens with one attached hydrogen (secondary N) is 1. The van der Waals surface area contributed by atoms with Crippen molar-refractivity contribution in [2.45, 2.75) is 32.2 Å². The van der Waals surface area contributed by atoms with Gasteiger partial charge in [0.05, 0.1) is 6.54 Å². The average Bonchev–Trinajstić information content (AvgIpc) is 2.28. The number of nitrogens with zero attached hydrogens (tertiary/aromatic N) is 1. The maximum atomic E-state index is 11.6. The van der Waals surface area contributed by atoms with E-state index in [2.05, 4.69) is 5.32 Å². The molecule has 1 aliphatic rings. The lowest BCUT2D eigenvalue weighted by Gasteiger charge is -2.32. The first kappa shape index (κ1) is 13.0. The minimum Gasteiger partial charge on any atom is -0.385 e. The van der Waals surface area contributed by atoms with Crippen molar-refractivity contribution in [2.24, 2.45) is 0 Å². The highest BCUT2D eigenvalue weighted by molar-refractivity contribution is 5.94. The number of amides is 2. The van der Waals surface area contributed by atoms with Crippen LogP contribution in [-0.2, 0) is 14.3 Å². The van der Waals surface area contributed by atoms with Crippen LogP contribution in [-0.4, -0.2) is 49.6 Å². The normalized spacial score (nSPS) is 21.1. The van der Waals surface area contributed by atoms with E-state index >= 15 is 0 Å². The summed E-state index contributed by atoms with van der Waals surface area (Å²) in [6.45, 7) is 3.32. The van der Waals surface area contributed by atoms with Crippen LogP contribution in [0, 0.1) is 0 Å². The average molecular weight is 228 g/mol. The van der Waals surface area contributed by atoms with Crippen molar-refractivity contribution in [3.8, 4) is 0 Å². The molecule has 0 aromatic heterocycles. The van der Waals surface area contributed by atoms with Crippen LogP contribution in [0.5, 0.6) is 0 Å². The predicted octanol–water partition coefficient (Wildman–Crippen LogP) is 0.150. The largest absolute Gasteiger partial charge is 0.385 e. The smallest absolute Gasteiger partial charge is 0.242 e. The van der Waals surface area contributed by atoms with E-state index in [1.54, 1.807) is 18.9 Å². The second-order valence-corrected chi connectivity index (χ2v) is 4.03. The number of unbranched alkanes of at least 4 members (excludes halogenated alkanes) is 2. The van der Waals surface area contributed by atoms with Crippen molar-refractivity contribution in [3.05, 3.63) is 0 Å². The minimum absolute atomic E-state index is 0.0128. The summed E-state index contributed by atoms with van der Waals surface area (Å²) in [7, 11) is 1.68. The maximum absolute atomic E-state index is 11.6. The molecule has 5 heteroatoms. The third-order valence-corrected chi connectivity index (χ3v) is 2.83. The SMILES string of the molecule is COCCCCCN1C(=O)CNC(=O)C1C. The fourth-order valence-corrected chi connectivity index (χ4v) is 1.79. The van der Waals surface area contributed by atoms with Gasteiger partial charge < -0.3 is 15.0 Å². The lowest BCUT2D eigenvalue weighted by Crippen LogP contribution is -2.57. The molecule has 0 aromatic carbocycles. The van der Waals surface area contributed by atoms with Crippen LogP contribution >= 0.6 is 0 Å². The standard InChI is InChI=1S/C11H20N2O3/c1-9-11(15)12-8-10(14)13(9)6-4-3-5-7-16-2/h9H,3-8H2,1-2H3,(H,12,15). The number of hydrogen-bond acceptors (Lipinski definition) is 3. The monoisotopic (exact) mass is 228 g/mol. The van der Waals surface area contributed by atoms with Gasteiger partial charge in [0.2, 0.25) is 11.8 Å². The molecule has 1 saturated heterocycles. The lowest BCUT2D eigenvalue weighted by molar-refractivity contribution is -0.144. The summed E-state index contributed by atoms with van der Waals surface area (Å²) < 4.78 is 4.95. The molecule has 1 fully saturated rings. The van der Waals surface area contributed by atoms with Gasteiger partial charge in [0.1, 0.15) is 6.04 Å². The highest BCUT2D eigenvalue weighted by Gasteiger charge is 2.29. The van der Waals surface area contributed by atoms with Crippen LogP contribution in [0.2, 0.25) is 0 Å². The number of rotatable bonds is 6. The van der Waals surface area contributed by atoms with Crippen LogP contribution in [0.3, 0.4) is 0 Å². The first-order chi connectivity index (χ1) is 7.66. The van der Waals surface area contributed by atoms with Gasteiger partial charge in [-0.3, -0.25) is 9.59 Å². The molecular formula is C11H20N2O3. The molecule has 1 aliphatic heterocycles. The van der Waals surface area contributed by atoms with Crippen LogP contribution in [0.15, 0.2) is 0 Å². The Morgan fingerprint density at radius 2 is 2.12 bits per heavy atom. The first-order valence-electron chi connectivity index (χ1n) is 5.73. The molecule has 5 nitrogen and oxygen atoms in total. The topological polar surface area (TPSA) is 58.6 Å². The van der Waals surface area contributed by atoms with E-state index in [-0.39, 0.29) is 24.4 Å². The van der Waals surface area contributed by atoms with E-state index < -0.39 is 0 Å². The van der Waals surface area contributed by atoms with E-state index in [0.29, 0.717) is 6.54 Å². The summed E-state index contributed by atoms with van der Waals surface area (Å²) in [6.07, 6.45) is 2.94. The summed E-state index contributed by atoms with van der Waals surface area (Å²) in [5.74, 6) is -0.0460. The van der Waals surface area contributed by atoms with E-state index in [0.717, 1.165) is 25.9 Å². The molecule has 0 radical (unpaired) electrons. The number of carbonyl (C=O) groups is 2. The van der Waals surface area contributed by atoms with Crippen molar-refractivity contribution in [3.63, 3.8) is 0 Å². The van der Waals surface area contributed by atoms with Gasteiger partial charge >= 0.3 is 0 Å². The molecule has 0 aromatic rings. The molecule has 0 aliphatic carbocycles. The van der Waals surface area contributed by atoms with Crippen LogP contribution in [0.25, 0.3) is 0 Å². The van der Waals surface area contributed by atoms with Crippen molar-refractivity contribution in [1.29, 1.82) is 0 Å². The molecular weight excluding hydrogens is 208 g/mol. The van der Waals surface area contributed by atoms with Gasteiger partial charge in [-0.15, -0.1) is 0 Å². The minimum atomic E-state index is -0.330. The highest BCUT2D eigenvalue weighted by atomic mass is 16.5. The molecule has 1 heterocycles. The number of piperazine rings is 1. The van der Waals surface area contributed by atoms with E-state index in [1.165, 1.54) is 0 Å². The number of ether oxygens (including phenoxy) is 1. The predicted molar refractivity (Wildman–Crippen MR) is 59.9 cm³/mol. The highest BCUT2D eigenvalue weighted by Crippen LogP contribution is 2.07. The van der Waals surface area contributed by atoms with Crippen LogP contribution in [0.4, 0.5) is 0 Å². The Bertz CT molecular complexity index is 256. The summed E-state index contributed by atoms with van der Waals surface area (Å²) in [5, 5.41) is 2.57. The Balaban J connectivity index is 2.28. The zero-order valence-electron chi connectivity index (χ0n) is 9.99. The van der Waals surface area contributed by atoms with Crippen molar-refractivity contribution in [1.82, 2.24) is 10.2 Å². The lowest BCUT2D eigenvalue weighted by atomic mass is 10.1. The molecule has 16 heavy (non-hydrogen) atoms. The summed E-state index contributed by atoms with van der Waals surface area (Å²) in [4.78, 5) is 24.6. The fraction of sp³-hybridized carbons (Fsp3) is 0.818. The van der Waals surface area contributed by atoms with Gasteiger partial charge in [-0.2, -0.15) is 0 Å². The van der Waals surface area contributed by atoms with Gasteiger partial charge in [0, 0.05) is 20.3 Å². The summed E-state index contributed by atoms with van der Waals surface area (Å²) >= 11 is 0. The summed E-state index contributed by atoms with van der Waals surface area (Å²) in [6, 6.07) is -0.330. The van der Waals surface area contributed by atoms with E-state index in [1.807, 2.05) is 0 Å². The van der Waals surface area contributed by atoms with Crippen molar-refractivity contribution >= 4 is 11.8 Å². The second kappa shape index (κ2) is 6.48. The molecule has 1 rings (SSSR count). The number of methoxy groups -OCH3 is 1. The number of hydrogen-bond donors (Lipinski definition) is 1. The van der Waals surface area contributed by atoms with Gasteiger partial charge in [-0.1, -0.05) is 0 Å². The van der Waals surface area contributed by atoms with Crippen molar-refractivity contribution < 1.29 is 14.3 Å². The van der Waals surface area contributed by atoms with Crippen LogP contribution < -0.4 is 5.32 Å². The Hall–Kier alpha value is -1.10. The van der Waals surface area contributed by atoms with Crippen molar-refractivity contribution in [2.75, 3.05) is 26.8 Å². The third kappa shape index (κ3) is 3.48. The quantitative estimate of drug-likeness (QED) is 0.658. The Morgan fingerprint density at radius 1 is 1.38 bits per heavy atom. The fourth-order valence-electron chi connectivity index (χ4n) is 1.79. The first-order valence-corrected chi connectivity index (χ1v) is 5.73. The van der Waals surface area contributed by atoms with E-state index in [9.17, 15) is 9.59 Å². The maximum Gasteiger partial charge on any atom is 0.242 e. The molecule has 0 spiro atoms. The molecule has 1 N–H and O–H groups in total. The third-order valence-electron chi connectivity index (χ3n) is 2.83. The molecule has 1 unspecified atom stereocenters. The Labute approximate surface area is 96.1 Å². The zero-order valence-corrected chi connectivity index (χ0v) is 9.99. The second-order valence-electron chi connectivity index (χ2n) is 4.03. The van der Waals surface area contributed by atoms with Gasteiger partial charge in [-0.05, 0) is 26.2 Å². The van der Waals surface area contributed by atoms with Gasteiger partial charge in [0.15, 0.2) is 0 Å². The zero-order chi connectivity index (χ0) is 12.0. The van der Waals surface area contributed by atoms with Gasteiger partial charge in [0.25, 0.3) is 0 Å². The molecule has 0 saturated carbocycles. The van der Waals surface area contributed by atoms with E-state index in [4.69, 9.17) is 4.74 Å². The Morgan fingerprint density at radius 3 is 2.81 bits per heavy atom.